The number of esters is 1. The Labute approximate surface area is 160 Å². The number of carbonyl (C=O) groups is 2. The van der Waals surface area contributed by atoms with E-state index in [4.69, 9.17) is 14.2 Å². The van der Waals surface area contributed by atoms with Gasteiger partial charge in [0.15, 0.2) is 11.5 Å². The lowest BCUT2D eigenvalue weighted by Gasteiger charge is -2.33. The fraction of sp³-hybridized carbons (Fsp3) is 0.500. The van der Waals surface area contributed by atoms with Gasteiger partial charge >= 0.3 is 12.0 Å². The van der Waals surface area contributed by atoms with Gasteiger partial charge in [0, 0.05) is 5.70 Å². The molecule has 7 nitrogen and oxygen atoms in total. The van der Waals surface area contributed by atoms with Crippen molar-refractivity contribution >= 4 is 12.0 Å². The molecule has 1 aromatic rings. The fourth-order valence-corrected chi connectivity index (χ4v) is 2.86. The Bertz CT molecular complexity index is 689. The van der Waals surface area contributed by atoms with Gasteiger partial charge in [-0.3, -0.25) is 4.79 Å². The zero-order chi connectivity index (χ0) is 19.8. The molecular weight excluding hydrogens is 348 g/mol. The fourth-order valence-electron chi connectivity index (χ4n) is 2.86. The van der Waals surface area contributed by atoms with E-state index in [1.165, 1.54) is 0 Å². The number of urea groups is 1. The monoisotopic (exact) mass is 376 g/mol. The topological polar surface area (TPSA) is 85.9 Å². The van der Waals surface area contributed by atoms with E-state index in [1.54, 1.807) is 19.2 Å². The van der Waals surface area contributed by atoms with Gasteiger partial charge in [-0.1, -0.05) is 32.9 Å². The molecule has 27 heavy (non-hydrogen) atoms. The van der Waals surface area contributed by atoms with Gasteiger partial charge in [0.25, 0.3) is 0 Å². The Morgan fingerprint density at radius 3 is 2.63 bits per heavy atom. The molecule has 0 bridgehead atoms. The molecule has 0 unspecified atom stereocenters. The predicted molar refractivity (Wildman–Crippen MR) is 102 cm³/mol. The van der Waals surface area contributed by atoms with Crippen LogP contribution in [0.4, 0.5) is 4.79 Å². The molecule has 1 fully saturated rings. The number of hydrogen-bond acceptors (Lipinski definition) is 5. The maximum Gasteiger partial charge on any atom is 0.319 e. The summed E-state index contributed by atoms with van der Waals surface area (Å²) in [6, 6.07) is 4.34. The molecule has 0 saturated carbocycles. The second-order valence-corrected chi connectivity index (χ2v) is 6.36. The molecule has 2 N–H and O–H groups in total. The Balaban J connectivity index is 2.29. The first-order valence-corrected chi connectivity index (χ1v) is 9.25. The summed E-state index contributed by atoms with van der Waals surface area (Å²) >= 11 is 0. The van der Waals surface area contributed by atoms with Crippen LogP contribution in [-0.2, 0) is 9.53 Å². The van der Waals surface area contributed by atoms with Crippen LogP contribution in [0.5, 0.6) is 11.5 Å². The van der Waals surface area contributed by atoms with Gasteiger partial charge in [0.2, 0.25) is 0 Å². The maximum atomic E-state index is 12.6. The van der Waals surface area contributed by atoms with Gasteiger partial charge < -0.3 is 24.8 Å². The standard InChI is InChI=1S/C20H28N2O5/c1-5-7-11-27-19(23)17-13(3)21-20(24)22-18(17)14-8-9-15(26-10-6-2)16(12-14)25-4/h8-9,12,17-18H,3,5-7,10-11H2,1-2,4H3,(H2,21,22,24)/t17-,18+/m1/s1. The van der Waals surface area contributed by atoms with Crippen LogP contribution in [0, 0.1) is 5.92 Å². The summed E-state index contributed by atoms with van der Waals surface area (Å²) < 4.78 is 16.4. The minimum Gasteiger partial charge on any atom is -0.493 e. The van der Waals surface area contributed by atoms with Crippen molar-refractivity contribution in [3.05, 3.63) is 36.0 Å². The van der Waals surface area contributed by atoms with Crippen LogP contribution in [0.2, 0.25) is 0 Å². The third-order valence-corrected chi connectivity index (χ3v) is 4.27. The van der Waals surface area contributed by atoms with Crippen molar-refractivity contribution < 1.29 is 23.8 Å². The molecule has 1 aromatic carbocycles. The van der Waals surface area contributed by atoms with Crippen molar-refractivity contribution in [3.8, 4) is 11.5 Å². The number of methoxy groups -OCH3 is 1. The van der Waals surface area contributed by atoms with E-state index in [0.29, 0.717) is 36.0 Å². The van der Waals surface area contributed by atoms with E-state index in [1.807, 2.05) is 19.9 Å². The molecule has 148 valence electrons. The summed E-state index contributed by atoms with van der Waals surface area (Å²) in [6.07, 6.45) is 2.58. The lowest BCUT2D eigenvalue weighted by molar-refractivity contribution is -0.148. The number of benzene rings is 1. The molecule has 0 aromatic heterocycles. The Morgan fingerprint density at radius 2 is 1.96 bits per heavy atom. The van der Waals surface area contributed by atoms with E-state index >= 15 is 0 Å². The number of ether oxygens (including phenoxy) is 3. The van der Waals surface area contributed by atoms with Crippen LogP contribution in [0.1, 0.15) is 44.7 Å². The molecule has 2 amide bonds. The second kappa shape index (κ2) is 9.85. The molecule has 1 aliphatic heterocycles. The quantitative estimate of drug-likeness (QED) is 0.510. The van der Waals surface area contributed by atoms with Crippen molar-refractivity contribution in [1.29, 1.82) is 0 Å². The average molecular weight is 376 g/mol. The number of hydrogen-bond donors (Lipinski definition) is 2. The van der Waals surface area contributed by atoms with Crippen molar-refractivity contribution in [2.75, 3.05) is 20.3 Å². The van der Waals surface area contributed by atoms with Crippen molar-refractivity contribution in [3.63, 3.8) is 0 Å². The van der Waals surface area contributed by atoms with E-state index < -0.39 is 24.0 Å². The van der Waals surface area contributed by atoms with Gasteiger partial charge in [0.05, 0.1) is 26.4 Å². The molecule has 0 radical (unpaired) electrons. The van der Waals surface area contributed by atoms with Crippen LogP contribution in [0.3, 0.4) is 0 Å². The first kappa shape index (κ1) is 20.6. The highest BCUT2D eigenvalue weighted by molar-refractivity contribution is 5.85. The lowest BCUT2D eigenvalue weighted by Crippen LogP contribution is -2.51. The van der Waals surface area contributed by atoms with Crippen LogP contribution < -0.4 is 20.1 Å². The Kier molecular flexibility index (Phi) is 7.52. The second-order valence-electron chi connectivity index (χ2n) is 6.36. The molecule has 1 saturated heterocycles. The van der Waals surface area contributed by atoms with Gasteiger partial charge in [0.1, 0.15) is 5.92 Å². The van der Waals surface area contributed by atoms with Crippen LogP contribution in [-0.4, -0.2) is 32.3 Å². The van der Waals surface area contributed by atoms with E-state index in [9.17, 15) is 9.59 Å². The molecule has 7 heteroatoms. The number of unbranched alkanes of at least 4 members (excludes halogenated alkanes) is 1. The molecule has 2 atom stereocenters. The zero-order valence-corrected chi connectivity index (χ0v) is 16.2. The maximum absolute atomic E-state index is 12.6. The van der Waals surface area contributed by atoms with E-state index in [-0.39, 0.29) is 0 Å². The van der Waals surface area contributed by atoms with Crippen LogP contribution >= 0.6 is 0 Å². The van der Waals surface area contributed by atoms with Gasteiger partial charge in [-0.05, 0) is 30.5 Å². The molecule has 1 heterocycles. The highest BCUT2D eigenvalue weighted by atomic mass is 16.5. The summed E-state index contributed by atoms with van der Waals surface area (Å²) in [4.78, 5) is 24.6. The predicted octanol–water partition coefficient (Wildman–Crippen LogP) is 3.31. The van der Waals surface area contributed by atoms with Gasteiger partial charge in [-0.2, -0.15) is 0 Å². The molecule has 2 rings (SSSR count). The van der Waals surface area contributed by atoms with Crippen LogP contribution in [0.15, 0.2) is 30.5 Å². The number of carbonyl (C=O) groups excluding carboxylic acids is 2. The highest BCUT2D eigenvalue weighted by Crippen LogP contribution is 2.36. The third kappa shape index (κ3) is 5.15. The minimum absolute atomic E-state index is 0.315. The summed E-state index contributed by atoms with van der Waals surface area (Å²) in [5, 5.41) is 5.36. The van der Waals surface area contributed by atoms with E-state index in [2.05, 4.69) is 17.2 Å². The van der Waals surface area contributed by atoms with Crippen LogP contribution in [0.25, 0.3) is 0 Å². The normalized spacial score (nSPS) is 19.1. The van der Waals surface area contributed by atoms with Gasteiger partial charge in [-0.15, -0.1) is 0 Å². The Morgan fingerprint density at radius 1 is 1.19 bits per heavy atom. The summed E-state index contributed by atoms with van der Waals surface area (Å²) in [5.74, 6) is 0.00426. The molecule has 1 aliphatic rings. The van der Waals surface area contributed by atoms with Crippen molar-refractivity contribution in [1.82, 2.24) is 10.6 Å². The van der Waals surface area contributed by atoms with Gasteiger partial charge in [-0.25, -0.2) is 4.79 Å². The molecule has 0 aliphatic carbocycles. The zero-order valence-electron chi connectivity index (χ0n) is 16.2. The first-order chi connectivity index (χ1) is 13.0. The summed E-state index contributed by atoms with van der Waals surface area (Å²) in [7, 11) is 1.55. The minimum atomic E-state index is -0.730. The van der Waals surface area contributed by atoms with E-state index in [0.717, 1.165) is 19.3 Å². The largest absolute Gasteiger partial charge is 0.493 e. The lowest BCUT2D eigenvalue weighted by atomic mass is 9.89. The number of nitrogens with one attached hydrogen (secondary N) is 2. The average Bonchev–Trinajstić information content (AvgIpc) is 2.65. The first-order valence-electron chi connectivity index (χ1n) is 9.25. The summed E-state index contributed by atoms with van der Waals surface area (Å²) in [5.41, 5.74) is 1.03. The number of rotatable bonds is 9. The Hall–Kier alpha value is -2.70. The number of amides is 2. The SMILES string of the molecule is C=C1NC(=O)N[C@@H](c2ccc(OCCC)c(OC)c2)[C@@H]1C(=O)OCCCC. The van der Waals surface area contributed by atoms with Crippen molar-refractivity contribution in [2.24, 2.45) is 5.92 Å². The highest BCUT2D eigenvalue weighted by Gasteiger charge is 2.39. The third-order valence-electron chi connectivity index (χ3n) is 4.27. The van der Waals surface area contributed by atoms with Crippen molar-refractivity contribution in [2.45, 2.75) is 39.2 Å². The smallest absolute Gasteiger partial charge is 0.319 e. The molecule has 0 spiro atoms. The molecular formula is C20H28N2O5. The summed E-state index contributed by atoms with van der Waals surface area (Å²) in [6.45, 7) is 8.80.